The van der Waals surface area contributed by atoms with Gasteiger partial charge in [-0.2, -0.15) is 0 Å². The third kappa shape index (κ3) is 3.50. The third-order valence-corrected chi connectivity index (χ3v) is 4.04. The molecule has 1 unspecified atom stereocenters. The maximum atomic E-state index is 12.0. The lowest BCUT2D eigenvalue weighted by Crippen LogP contribution is -2.34. The van der Waals surface area contributed by atoms with Crippen LogP contribution in [0.25, 0.3) is 0 Å². The van der Waals surface area contributed by atoms with E-state index in [0.29, 0.717) is 6.42 Å². The van der Waals surface area contributed by atoms with Crippen molar-refractivity contribution in [3.05, 3.63) is 34.4 Å². The first-order valence-corrected chi connectivity index (χ1v) is 7.08. The summed E-state index contributed by atoms with van der Waals surface area (Å²) in [6, 6.07) is 4.87. The van der Waals surface area contributed by atoms with Crippen molar-refractivity contribution in [2.45, 2.75) is 25.2 Å². The van der Waals surface area contributed by atoms with Gasteiger partial charge >= 0.3 is 0 Å². The number of nitro benzene ring substituents is 1. The zero-order valence-corrected chi connectivity index (χ0v) is 11.3. The fourth-order valence-corrected chi connectivity index (χ4v) is 2.56. The second-order valence-electron chi connectivity index (χ2n) is 4.00. The molecule has 7 nitrogen and oxygen atoms in total. The van der Waals surface area contributed by atoms with Crippen molar-refractivity contribution in [2.24, 2.45) is 5.92 Å². The van der Waals surface area contributed by atoms with E-state index in [-0.39, 0.29) is 0 Å². The van der Waals surface area contributed by atoms with Crippen molar-refractivity contribution < 1.29 is 18.1 Å². The summed E-state index contributed by atoms with van der Waals surface area (Å²) in [5.74, 6) is -1.17. The number of para-hydroxylation sites is 1. The standard InChI is InChI=1S/C11H14N2O5S/c1-3-8(2)11(14)12-19(17,18)10-7-5-4-6-9(10)13(15)16/h4-8H,3H2,1-2H3,(H,12,14). The average Bonchev–Trinajstić information content (AvgIpc) is 2.37. The second-order valence-corrected chi connectivity index (χ2v) is 5.65. The fraction of sp³-hybridized carbons (Fsp3) is 0.364. The van der Waals surface area contributed by atoms with Gasteiger partial charge < -0.3 is 0 Å². The average molecular weight is 286 g/mol. The Labute approximate surface area is 110 Å². The maximum Gasteiger partial charge on any atom is 0.289 e. The van der Waals surface area contributed by atoms with Crippen molar-refractivity contribution in [3.8, 4) is 0 Å². The molecule has 0 heterocycles. The van der Waals surface area contributed by atoms with Gasteiger partial charge in [0.2, 0.25) is 5.91 Å². The highest BCUT2D eigenvalue weighted by atomic mass is 32.2. The topological polar surface area (TPSA) is 106 Å². The van der Waals surface area contributed by atoms with Gasteiger partial charge in [0.15, 0.2) is 4.90 Å². The Balaban J connectivity index is 3.15. The minimum Gasteiger partial charge on any atom is -0.274 e. The van der Waals surface area contributed by atoms with Crippen LogP contribution in [-0.2, 0) is 14.8 Å². The van der Waals surface area contributed by atoms with E-state index >= 15 is 0 Å². The SMILES string of the molecule is CCC(C)C(=O)NS(=O)(=O)c1ccccc1[N+](=O)[O-]. The normalized spacial score (nSPS) is 12.7. The number of sulfonamides is 1. The molecule has 1 atom stereocenters. The molecule has 0 aliphatic rings. The van der Waals surface area contributed by atoms with Crippen LogP contribution in [0.1, 0.15) is 20.3 Å². The summed E-state index contributed by atoms with van der Waals surface area (Å²) in [5, 5.41) is 10.8. The van der Waals surface area contributed by atoms with E-state index < -0.39 is 37.4 Å². The molecule has 1 N–H and O–H groups in total. The van der Waals surface area contributed by atoms with E-state index in [0.717, 1.165) is 12.1 Å². The third-order valence-electron chi connectivity index (χ3n) is 2.65. The largest absolute Gasteiger partial charge is 0.289 e. The van der Waals surface area contributed by atoms with Crippen LogP contribution in [0.15, 0.2) is 29.2 Å². The lowest BCUT2D eigenvalue weighted by atomic mass is 10.1. The number of nitrogens with zero attached hydrogens (tertiary/aromatic N) is 1. The van der Waals surface area contributed by atoms with Crippen LogP contribution < -0.4 is 4.72 Å². The molecule has 8 heteroatoms. The van der Waals surface area contributed by atoms with Crippen LogP contribution in [0.4, 0.5) is 5.69 Å². The summed E-state index contributed by atoms with van der Waals surface area (Å²) >= 11 is 0. The van der Waals surface area contributed by atoms with Gasteiger partial charge in [-0.05, 0) is 12.5 Å². The van der Waals surface area contributed by atoms with E-state index in [9.17, 15) is 23.3 Å². The van der Waals surface area contributed by atoms with Crippen LogP contribution in [0.3, 0.4) is 0 Å². The lowest BCUT2D eigenvalue weighted by Gasteiger charge is -2.10. The van der Waals surface area contributed by atoms with Gasteiger partial charge in [-0.1, -0.05) is 26.0 Å². The molecule has 19 heavy (non-hydrogen) atoms. The Morgan fingerprint density at radius 1 is 1.42 bits per heavy atom. The molecule has 0 aromatic heterocycles. The number of carbonyl (C=O) groups is 1. The molecule has 0 aliphatic carbocycles. The highest BCUT2D eigenvalue weighted by Crippen LogP contribution is 2.22. The van der Waals surface area contributed by atoms with Crippen molar-refractivity contribution in [1.82, 2.24) is 4.72 Å². The minimum atomic E-state index is -4.23. The number of hydrogen-bond acceptors (Lipinski definition) is 5. The van der Waals surface area contributed by atoms with E-state index in [1.54, 1.807) is 13.8 Å². The second kappa shape index (κ2) is 5.79. The smallest absolute Gasteiger partial charge is 0.274 e. The number of rotatable bonds is 5. The molecular weight excluding hydrogens is 272 g/mol. The molecule has 0 fully saturated rings. The Bertz CT molecular complexity index is 597. The number of nitrogens with one attached hydrogen (secondary N) is 1. The number of amides is 1. The number of carbonyl (C=O) groups excluding carboxylic acids is 1. The maximum absolute atomic E-state index is 12.0. The molecular formula is C11H14N2O5S. The predicted octanol–water partition coefficient (Wildman–Crippen LogP) is 1.45. The van der Waals surface area contributed by atoms with E-state index in [2.05, 4.69) is 0 Å². The van der Waals surface area contributed by atoms with Crippen LogP contribution in [0.5, 0.6) is 0 Å². The van der Waals surface area contributed by atoms with Crippen LogP contribution >= 0.6 is 0 Å². The Hall–Kier alpha value is -1.96. The van der Waals surface area contributed by atoms with Gasteiger partial charge in [0.05, 0.1) is 4.92 Å². The molecule has 1 rings (SSSR count). The van der Waals surface area contributed by atoms with E-state index in [1.165, 1.54) is 12.1 Å². The van der Waals surface area contributed by atoms with Crippen LogP contribution in [-0.4, -0.2) is 19.2 Å². The Morgan fingerprint density at radius 2 is 2.00 bits per heavy atom. The quantitative estimate of drug-likeness (QED) is 0.651. The molecule has 0 bridgehead atoms. The van der Waals surface area contributed by atoms with E-state index in [4.69, 9.17) is 0 Å². The summed E-state index contributed by atoms with van der Waals surface area (Å²) in [5.41, 5.74) is -0.563. The van der Waals surface area contributed by atoms with Crippen molar-refractivity contribution in [1.29, 1.82) is 0 Å². The highest BCUT2D eigenvalue weighted by Gasteiger charge is 2.27. The summed E-state index contributed by atoms with van der Waals surface area (Å²) in [6.07, 6.45) is 0.470. The molecule has 0 spiro atoms. The van der Waals surface area contributed by atoms with Crippen molar-refractivity contribution in [3.63, 3.8) is 0 Å². The summed E-state index contributed by atoms with van der Waals surface area (Å²) in [7, 11) is -4.23. The summed E-state index contributed by atoms with van der Waals surface area (Å²) in [6.45, 7) is 3.31. The Kier molecular flexibility index (Phi) is 4.60. The first-order valence-electron chi connectivity index (χ1n) is 5.59. The first-order chi connectivity index (χ1) is 8.79. The molecule has 1 aromatic rings. The molecule has 1 aromatic carbocycles. The summed E-state index contributed by atoms with van der Waals surface area (Å²) in [4.78, 5) is 21.0. The fourth-order valence-electron chi connectivity index (χ4n) is 1.31. The first kappa shape index (κ1) is 15.1. The van der Waals surface area contributed by atoms with Gasteiger partial charge in [-0.25, -0.2) is 13.1 Å². The minimum absolute atomic E-state index is 0.470. The van der Waals surface area contributed by atoms with Crippen molar-refractivity contribution in [2.75, 3.05) is 0 Å². The molecule has 104 valence electrons. The van der Waals surface area contributed by atoms with E-state index in [1.807, 2.05) is 4.72 Å². The van der Waals surface area contributed by atoms with Gasteiger partial charge in [0.1, 0.15) is 0 Å². The zero-order chi connectivity index (χ0) is 14.6. The molecule has 0 radical (unpaired) electrons. The zero-order valence-electron chi connectivity index (χ0n) is 10.5. The summed E-state index contributed by atoms with van der Waals surface area (Å²) < 4.78 is 25.8. The van der Waals surface area contributed by atoms with Crippen LogP contribution in [0, 0.1) is 16.0 Å². The highest BCUT2D eigenvalue weighted by molar-refractivity contribution is 7.90. The predicted molar refractivity (Wildman–Crippen MR) is 67.9 cm³/mol. The number of hydrogen-bond donors (Lipinski definition) is 1. The van der Waals surface area contributed by atoms with Crippen LogP contribution in [0.2, 0.25) is 0 Å². The van der Waals surface area contributed by atoms with Gasteiger partial charge in [0.25, 0.3) is 15.7 Å². The molecule has 1 amide bonds. The van der Waals surface area contributed by atoms with Gasteiger partial charge in [-0.15, -0.1) is 0 Å². The molecule has 0 aliphatic heterocycles. The van der Waals surface area contributed by atoms with Crippen molar-refractivity contribution >= 4 is 21.6 Å². The monoisotopic (exact) mass is 286 g/mol. The molecule has 0 saturated carbocycles. The Morgan fingerprint density at radius 3 is 2.53 bits per heavy atom. The number of nitro groups is 1. The van der Waals surface area contributed by atoms with Gasteiger partial charge in [0, 0.05) is 12.0 Å². The lowest BCUT2D eigenvalue weighted by molar-refractivity contribution is -0.387. The number of benzene rings is 1. The molecule has 0 saturated heterocycles. The van der Waals surface area contributed by atoms with Gasteiger partial charge in [-0.3, -0.25) is 14.9 Å².